The molecule has 9 nitrogen and oxygen atoms in total. The molecule has 0 spiro atoms. The van der Waals surface area contributed by atoms with Gasteiger partial charge in [0.2, 0.25) is 0 Å². The number of aromatic nitrogens is 1. The Morgan fingerprint density at radius 1 is 0.744 bits per heavy atom. The molecule has 2 aromatic carbocycles. The van der Waals surface area contributed by atoms with Gasteiger partial charge in [-0.1, -0.05) is 26.2 Å². The van der Waals surface area contributed by atoms with Gasteiger partial charge in [0.1, 0.15) is 46.3 Å². The van der Waals surface area contributed by atoms with Crippen LogP contribution in [-0.4, -0.2) is 26.7 Å². The van der Waals surface area contributed by atoms with Crippen LogP contribution in [0.2, 0.25) is 0 Å². The lowest BCUT2D eigenvalue weighted by Gasteiger charge is -2.08. The number of unbranched alkanes of at least 4 members (excludes halogenated alkanes) is 3. The molecule has 0 amide bonds. The predicted octanol–water partition coefficient (Wildman–Crippen LogP) is 7.88. The van der Waals surface area contributed by atoms with Crippen LogP contribution in [0.4, 0.5) is 0 Å². The number of aliphatic carboxylic acids is 2. The number of fused-ring (bicyclic) bond motifs is 3. The molecule has 0 aliphatic rings. The Hall–Kier alpha value is -5.80. The summed E-state index contributed by atoms with van der Waals surface area (Å²) in [5.74, 6) is -1.05. The topological polar surface area (TPSA) is 153 Å². The summed E-state index contributed by atoms with van der Waals surface area (Å²) in [5.41, 5.74) is 2.86. The fourth-order valence-electron chi connectivity index (χ4n) is 5.09. The summed E-state index contributed by atoms with van der Waals surface area (Å²) in [5, 5.41) is 38.5. The summed E-state index contributed by atoms with van der Waals surface area (Å²) in [6.07, 6.45) is 6.87. The minimum atomic E-state index is -1.32. The number of rotatable bonds is 11. The van der Waals surface area contributed by atoms with Gasteiger partial charge in [0.05, 0.1) is 0 Å². The van der Waals surface area contributed by atoms with Crippen LogP contribution in [0.25, 0.3) is 56.6 Å². The highest BCUT2D eigenvalue weighted by Gasteiger charge is 2.16. The van der Waals surface area contributed by atoms with E-state index in [0.29, 0.717) is 11.5 Å². The van der Waals surface area contributed by atoms with Crippen LogP contribution >= 0.6 is 0 Å². The lowest BCUT2D eigenvalue weighted by molar-refractivity contribution is -0.133. The van der Waals surface area contributed by atoms with Crippen molar-refractivity contribution in [2.45, 2.75) is 39.2 Å². The molecule has 0 atom stereocenters. The van der Waals surface area contributed by atoms with E-state index in [9.17, 15) is 9.59 Å². The molecular weight excluding hydrogens is 546 g/mol. The number of hydrogen-bond donors (Lipinski definition) is 2. The van der Waals surface area contributed by atoms with Crippen molar-refractivity contribution < 1.29 is 28.6 Å². The van der Waals surface area contributed by atoms with Gasteiger partial charge in [0.25, 0.3) is 0 Å². The highest BCUT2D eigenvalue weighted by Crippen LogP contribution is 2.36. The van der Waals surface area contributed by atoms with E-state index in [1.165, 1.54) is 18.6 Å². The quantitative estimate of drug-likeness (QED) is 0.0919. The van der Waals surface area contributed by atoms with Gasteiger partial charge < -0.3 is 23.6 Å². The number of carbonyl (C=O) groups is 2. The molecule has 0 saturated heterocycles. The summed E-state index contributed by atoms with van der Waals surface area (Å²) in [7, 11) is 0. The minimum Gasteiger partial charge on any atom is -0.477 e. The van der Waals surface area contributed by atoms with E-state index in [1.807, 2.05) is 36.4 Å². The van der Waals surface area contributed by atoms with Crippen molar-refractivity contribution in [2.75, 3.05) is 0 Å². The van der Waals surface area contributed by atoms with Crippen molar-refractivity contribution in [3.63, 3.8) is 0 Å². The maximum Gasteiger partial charge on any atom is 0.346 e. The summed E-state index contributed by atoms with van der Waals surface area (Å²) in [6.45, 7) is 3.03. The number of nitriles is 2. The molecule has 43 heavy (non-hydrogen) atoms. The zero-order valence-electron chi connectivity index (χ0n) is 23.3. The monoisotopic (exact) mass is 573 g/mol. The van der Waals surface area contributed by atoms with Gasteiger partial charge in [-0.3, -0.25) is 0 Å². The molecule has 0 unspecified atom stereocenters. The summed E-state index contributed by atoms with van der Waals surface area (Å²) in [4.78, 5) is 22.5. The summed E-state index contributed by atoms with van der Waals surface area (Å²) in [6, 6.07) is 22.1. The van der Waals surface area contributed by atoms with Crippen LogP contribution in [0.3, 0.4) is 0 Å². The molecule has 3 aromatic heterocycles. The van der Waals surface area contributed by atoms with Gasteiger partial charge >= 0.3 is 11.9 Å². The molecule has 0 bridgehead atoms. The van der Waals surface area contributed by atoms with E-state index in [0.717, 1.165) is 58.7 Å². The first-order valence-corrected chi connectivity index (χ1v) is 13.8. The Bertz CT molecular complexity index is 1870. The number of furan rings is 2. The number of benzene rings is 2. The highest BCUT2D eigenvalue weighted by atomic mass is 16.4. The molecule has 5 rings (SSSR count). The predicted molar refractivity (Wildman–Crippen MR) is 161 cm³/mol. The molecule has 5 aromatic rings. The number of nitrogens with zero attached hydrogens (tertiary/aromatic N) is 3. The summed E-state index contributed by atoms with van der Waals surface area (Å²) >= 11 is 0. The first kappa shape index (κ1) is 28.7. The van der Waals surface area contributed by atoms with Gasteiger partial charge in [0.15, 0.2) is 0 Å². The van der Waals surface area contributed by atoms with Gasteiger partial charge in [0, 0.05) is 51.6 Å². The van der Waals surface area contributed by atoms with Crippen LogP contribution in [0.5, 0.6) is 0 Å². The molecule has 2 N–H and O–H groups in total. The molecule has 3 heterocycles. The maximum absolute atomic E-state index is 11.2. The van der Waals surface area contributed by atoms with E-state index in [2.05, 4.69) is 11.5 Å². The number of aryl methyl sites for hydroxylation is 1. The fraction of sp³-hybridized carbons (Fsp3) is 0.176. The molecule has 0 aliphatic carbocycles. The largest absolute Gasteiger partial charge is 0.477 e. The van der Waals surface area contributed by atoms with E-state index in [1.54, 1.807) is 36.4 Å². The molecule has 0 saturated carbocycles. The summed E-state index contributed by atoms with van der Waals surface area (Å²) < 4.78 is 14.1. The van der Waals surface area contributed by atoms with Crippen molar-refractivity contribution in [3.8, 4) is 34.8 Å². The molecule has 9 heteroatoms. The molecule has 214 valence electrons. The minimum absolute atomic E-state index is 0.264. The van der Waals surface area contributed by atoms with Crippen LogP contribution in [0, 0.1) is 22.7 Å². The Kier molecular flexibility index (Phi) is 8.27. The Labute approximate surface area is 246 Å². The van der Waals surface area contributed by atoms with E-state index in [-0.39, 0.29) is 11.5 Å². The van der Waals surface area contributed by atoms with Crippen LogP contribution < -0.4 is 0 Å². The second-order valence-electron chi connectivity index (χ2n) is 10.0. The SMILES string of the molecule is CCCCCCn1c2ccc(-c3ccc(/C=C(/C#N)C(=O)O)o3)cc2c2cc(-c3ccc(/C=C(/C#N)C(=O)O)o3)ccc21. The third-order valence-electron chi connectivity index (χ3n) is 7.20. The molecule has 0 fully saturated rings. The van der Waals surface area contributed by atoms with Crippen molar-refractivity contribution in [2.24, 2.45) is 0 Å². The van der Waals surface area contributed by atoms with Crippen LogP contribution in [-0.2, 0) is 16.1 Å². The first-order chi connectivity index (χ1) is 20.8. The average molecular weight is 574 g/mol. The second kappa shape index (κ2) is 12.4. The standard InChI is InChI=1S/C34H27N3O6/c1-2-3-4-5-14-37-29-10-6-21(31-12-8-25(42-31)15-23(19-35)33(38)39)17-27(29)28-18-22(7-11-30(28)37)32-13-9-26(43-32)16-24(20-36)34(40)41/h6-13,15-18H,2-5,14H2,1H3,(H,38,39)(H,40,41)/b23-15-,24-16-. The Morgan fingerprint density at radius 3 is 1.65 bits per heavy atom. The normalized spacial score (nSPS) is 12.0. The van der Waals surface area contributed by atoms with E-state index < -0.39 is 23.1 Å². The van der Waals surface area contributed by atoms with E-state index in [4.69, 9.17) is 29.6 Å². The molecular formula is C34H27N3O6. The van der Waals surface area contributed by atoms with Gasteiger partial charge in [-0.25, -0.2) is 9.59 Å². The van der Waals surface area contributed by atoms with E-state index >= 15 is 0 Å². The van der Waals surface area contributed by atoms with Crippen molar-refractivity contribution in [1.29, 1.82) is 10.5 Å². The van der Waals surface area contributed by atoms with Crippen molar-refractivity contribution in [1.82, 2.24) is 4.57 Å². The Balaban J connectivity index is 1.59. The van der Waals surface area contributed by atoms with Gasteiger partial charge in [-0.05, 0) is 67.1 Å². The number of hydrogen-bond acceptors (Lipinski definition) is 6. The third-order valence-corrected chi connectivity index (χ3v) is 7.20. The van der Waals surface area contributed by atoms with Crippen LogP contribution in [0.15, 0.2) is 80.6 Å². The van der Waals surface area contributed by atoms with Crippen molar-refractivity contribution >= 4 is 45.9 Å². The zero-order valence-corrected chi connectivity index (χ0v) is 23.3. The van der Waals surface area contributed by atoms with Crippen molar-refractivity contribution in [3.05, 3.63) is 83.3 Å². The number of carboxylic acid groups (broad SMARTS) is 2. The zero-order chi connectivity index (χ0) is 30.5. The van der Waals surface area contributed by atoms with Gasteiger partial charge in [-0.15, -0.1) is 0 Å². The highest BCUT2D eigenvalue weighted by molar-refractivity contribution is 6.10. The smallest absolute Gasteiger partial charge is 0.346 e. The van der Waals surface area contributed by atoms with Gasteiger partial charge in [-0.2, -0.15) is 10.5 Å². The average Bonchev–Trinajstić information content (AvgIpc) is 3.74. The van der Waals surface area contributed by atoms with Crippen LogP contribution in [0.1, 0.15) is 44.1 Å². The first-order valence-electron chi connectivity index (χ1n) is 13.8. The molecule has 0 aliphatic heterocycles. The maximum atomic E-state index is 11.2. The lowest BCUT2D eigenvalue weighted by atomic mass is 10.1. The number of carboxylic acids is 2. The second-order valence-corrected chi connectivity index (χ2v) is 10.0. The third kappa shape index (κ3) is 5.97. The Morgan fingerprint density at radius 2 is 1.23 bits per heavy atom. The lowest BCUT2D eigenvalue weighted by Crippen LogP contribution is -1.97. The fourth-order valence-corrected chi connectivity index (χ4v) is 5.09. The molecule has 0 radical (unpaired) electrons.